The molecule has 2 atom stereocenters. The molecule has 0 aliphatic carbocycles. The number of aromatic nitrogens is 2. The fourth-order valence-corrected chi connectivity index (χ4v) is 2.96. The molecule has 126 valence electrons. The normalized spacial score (nSPS) is 20.8. The van der Waals surface area contributed by atoms with Gasteiger partial charge in [-0.1, -0.05) is 18.5 Å². The zero-order valence-corrected chi connectivity index (χ0v) is 14.3. The summed E-state index contributed by atoms with van der Waals surface area (Å²) in [6.07, 6.45) is 3.21. The van der Waals surface area contributed by atoms with Crippen molar-refractivity contribution in [2.45, 2.75) is 19.9 Å². The molecule has 3 rings (SSSR count). The van der Waals surface area contributed by atoms with Gasteiger partial charge in [-0.25, -0.2) is 9.97 Å². The Bertz CT molecular complexity index is 771. The van der Waals surface area contributed by atoms with E-state index in [4.69, 9.17) is 22.1 Å². The molecule has 7 heteroatoms. The van der Waals surface area contributed by atoms with Gasteiger partial charge in [-0.3, -0.25) is 4.99 Å². The SMILES string of the molecule is Cc1cc(Cl)cc(O)c1-c1cnc(C=NC2COCC2C)c(N)n1. The molecule has 0 bridgehead atoms. The number of hydrogen-bond acceptors (Lipinski definition) is 6. The van der Waals surface area contributed by atoms with E-state index in [1.54, 1.807) is 18.5 Å². The summed E-state index contributed by atoms with van der Waals surface area (Å²) in [5.41, 5.74) is 8.37. The van der Waals surface area contributed by atoms with E-state index in [0.717, 1.165) is 12.2 Å². The molecule has 1 aliphatic rings. The maximum Gasteiger partial charge on any atom is 0.151 e. The van der Waals surface area contributed by atoms with Crippen LogP contribution in [0.3, 0.4) is 0 Å². The first-order valence-electron chi connectivity index (χ1n) is 7.68. The van der Waals surface area contributed by atoms with Gasteiger partial charge in [-0.15, -0.1) is 0 Å². The quantitative estimate of drug-likeness (QED) is 0.833. The fourth-order valence-electron chi connectivity index (χ4n) is 2.70. The Hall–Kier alpha value is -2.18. The average Bonchev–Trinajstić information content (AvgIpc) is 2.90. The zero-order chi connectivity index (χ0) is 17.3. The molecule has 2 aromatic rings. The third-order valence-corrected chi connectivity index (χ3v) is 4.30. The number of phenols is 1. The predicted molar refractivity (Wildman–Crippen MR) is 94.7 cm³/mol. The fraction of sp³-hybridized carbons (Fsp3) is 0.353. The number of aromatic hydroxyl groups is 1. The van der Waals surface area contributed by atoms with Crippen LogP contribution in [-0.4, -0.2) is 40.5 Å². The molecule has 2 unspecified atom stereocenters. The number of nitrogen functional groups attached to an aromatic ring is 1. The van der Waals surface area contributed by atoms with Gasteiger partial charge in [0.1, 0.15) is 11.4 Å². The number of hydrogen-bond donors (Lipinski definition) is 2. The van der Waals surface area contributed by atoms with Crippen molar-refractivity contribution in [1.82, 2.24) is 9.97 Å². The van der Waals surface area contributed by atoms with Crippen LogP contribution in [0.25, 0.3) is 11.3 Å². The molecule has 0 amide bonds. The van der Waals surface area contributed by atoms with Crippen molar-refractivity contribution in [3.05, 3.63) is 34.6 Å². The van der Waals surface area contributed by atoms with Crippen molar-refractivity contribution in [3.63, 3.8) is 0 Å². The van der Waals surface area contributed by atoms with E-state index < -0.39 is 0 Å². The minimum Gasteiger partial charge on any atom is -0.507 e. The van der Waals surface area contributed by atoms with Crippen molar-refractivity contribution < 1.29 is 9.84 Å². The molecule has 0 saturated carbocycles. The predicted octanol–water partition coefficient (Wildman–Crippen LogP) is 2.85. The largest absolute Gasteiger partial charge is 0.507 e. The summed E-state index contributed by atoms with van der Waals surface area (Å²) in [6, 6.07) is 3.35. The number of benzene rings is 1. The minimum absolute atomic E-state index is 0.0482. The molecule has 24 heavy (non-hydrogen) atoms. The lowest BCUT2D eigenvalue weighted by molar-refractivity contribution is 0.186. The van der Waals surface area contributed by atoms with Gasteiger partial charge in [0.15, 0.2) is 5.82 Å². The average molecular weight is 347 g/mol. The summed E-state index contributed by atoms with van der Waals surface area (Å²) in [6.45, 7) is 5.27. The van der Waals surface area contributed by atoms with Crippen LogP contribution in [0.5, 0.6) is 5.75 Å². The smallest absolute Gasteiger partial charge is 0.151 e. The highest BCUT2D eigenvalue weighted by Crippen LogP contribution is 2.34. The molecular formula is C17H19ClN4O2. The van der Waals surface area contributed by atoms with Gasteiger partial charge < -0.3 is 15.6 Å². The molecule has 0 radical (unpaired) electrons. The molecule has 3 N–H and O–H groups in total. The molecule has 2 heterocycles. The van der Waals surface area contributed by atoms with Crippen LogP contribution in [0, 0.1) is 12.8 Å². The van der Waals surface area contributed by atoms with Crippen LogP contribution < -0.4 is 5.73 Å². The van der Waals surface area contributed by atoms with Gasteiger partial charge in [0.2, 0.25) is 0 Å². The third kappa shape index (κ3) is 3.34. The first kappa shape index (κ1) is 16.7. The lowest BCUT2D eigenvalue weighted by Gasteiger charge is -2.10. The number of phenolic OH excluding ortho intramolecular Hbond substituents is 1. The van der Waals surface area contributed by atoms with E-state index in [2.05, 4.69) is 21.9 Å². The molecule has 1 aliphatic heterocycles. The molecule has 1 aromatic heterocycles. The Balaban J connectivity index is 1.89. The molecule has 0 spiro atoms. The maximum absolute atomic E-state index is 10.1. The van der Waals surface area contributed by atoms with Crippen LogP contribution in [0.15, 0.2) is 23.3 Å². The number of ether oxygens (including phenoxy) is 1. The minimum atomic E-state index is 0.0482. The van der Waals surface area contributed by atoms with Crippen LogP contribution in [0.4, 0.5) is 5.82 Å². The standard InChI is InChI=1S/C17H19ClN4O2/c1-9-3-11(18)4-15(23)16(9)12-5-20-13(17(19)22-12)6-21-14-8-24-7-10(14)2/h3-6,10,14,23H,7-8H2,1-2H3,(H2,19,22). The third-order valence-electron chi connectivity index (χ3n) is 4.08. The number of aryl methyl sites for hydroxylation is 1. The number of halogens is 1. The van der Waals surface area contributed by atoms with Crippen molar-refractivity contribution in [2.75, 3.05) is 18.9 Å². The topological polar surface area (TPSA) is 93.6 Å². The van der Waals surface area contributed by atoms with E-state index in [-0.39, 0.29) is 17.6 Å². The van der Waals surface area contributed by atoms with E-state index in [0.29, 0.717) is 34.5 Å². The second kappa shape index (κ2) is 6.75. The summed E-state index contributed by atoms with van der Waals surface area (Å²) >= 11 is 5.93. The Morgan fingerprint density at radius 1 is 1.42 bits per heavy atom. The molecule has 1 aromatic carbocycles. The first-order valence-corrected chi connectivity index (χ1v) is 8.06. The van der Waals surface area contributed by atoms with Gasteiger partial charge in [-0.05, 0) is 24.6 Å². The summed E-state index contributed by atoms with van der Waals surface area (Å²) < 4.78 is 5.38. The van der Waals surface area contributed by atoms with E-state index in [1.165, 1.54) is 6.07 Å². The Morgan fingerprint density at radius 2 is 2.21 bits per heavy atom. The van der Waals surface area contributed by atoms with Crippen molar-refractivity contribution in [3.8, 4) is 17.0 Å². The van der Waals surface area contributed by atoms with Gasteiger partial charge >= 0.3 is 0 Å². The number of aliphatic imine (C=N–C) groups is 1. The monoisotopic (exact) mass is 346 g/mol. The van der Waals surface area contributed by atoms with Crippen molar-refractivity contribution >= 4 is 23.6 Å². The van der Waals surface area contributed by atoms with Crippen LogP contribution in [0.2, 0.25) is 5.02 Å². The first-order chi connectivity index (χ1) is 11.5. The van der Waals surface area contributed by atoms with E-state index in [9.17, 15) is 5.11 Å². The van der Waals surface area contributed by atoms with E-state index >= 15 is 0 Å². The molecular weight excluding hydrogens is 328 g/mol. The molecule has 6 nitrogen and oxygen atoms in total. The number of rotatable bonds is 3. The van der Waals surface area contributed by atoms with Gasteiger partial charge in [0.25, 0.3) is 0 Å². The second-order valence-corrected chi connectivity index (χ2v) is 6.44. The number of nitrogens with zero attached hydrogens (tertiary/aromatic N) is 3. The second-order valence-electron chi connectivity index (χ2n) is 6.00. The highest BCUT2D eigenvalue weighted by molar-refractivity contribution is 6.31. The summed E-state index contributed by atoms with van der Waals surface area (Å²) in [4.78, 5) is 13.2. The zero-order valence-electron chi connectivity index (χ0n) is 13.5. The summed E-state index contributed by atoms with van der Waals surface area (Å²) in [5, 5.41) is 10.6. The van der Waals surface area contributed by atoms with Crippen molar-refractivity contribution in [1.29, 1.82) is 0 Å². The van der Waals surface area contributed by atoms with Gasteiger partial charge in [0, 0.05) is 16.5 Å². The number of nitrogens with two attached hydrogens (primary N) is 1. The van der Waals surface area contributed by atoms with Crippen LogP contribution in [0.1, 0.15) is 18.2 Å². The van der Waals surface area contributed by atoms with E-state index in [1.807, 2.05) is 6.92 Å². The Labute approximate surface area is 145 Å². The van der Waals surface area contributed by atoms with Gasteiger partial charge in [-0.2, -0.15) is 0 Å². The highest BCUT2D eigenvalue weighted by Gasteiger charge is 2.23. The Kier molecular flexibility index (Phi) is 4.69. The maximum atomic E-state index is 10.1. The van der Waals surface area contributed by atoms with Crippen molar-refractivity contribution in [2.24, 2.45) is 10.9 Å². The number of anilines is 1. The van der Waals surface area contributed by atoms with Gasteiger partial charge in [0.05, 0.1) is 37.4 Å². The van der Waals surface area contributed by atoms with Crippen LogP contribution in [-0.2, 0) is 4.74 Å². The Morgan fingerprint density at radius 3 is 2.83 bits per heavy atom. The summed E-state index contributed by atoms with van der Waals surface area (Å²) in [5.74, 6) is 0.687. The van der Waals surface area contributed by atoms with Crippen LogP contribution >= 0.6 is 11.6 Å². The lowest BCUT2D eigenvalue weighted by Crippen LogP contribution is -2.13. The summed E-state index contributed by atoms with van der Waals surface area (Å²) in [7, 11) is 0. The highest BCUT2D eigenvalue weighted by atomic mass is 35.5. The molecule has 1 saturated heterocycles. The molecule has 1 fully saturated rings. The lowest BCUT2D eigenvalue weighted by atomic mass is 10.0.